The van der Waals surface area contributed by atoms with Gasteiger partial charge < -0.3 is 5.73 Å². The molecule has 4 heteroatoms. The lowest BCUT2D eigenvalue weighted by Crippen LogP contribution is -2.11. The number of nitrogens with two attached hydrogens (primary N) is 1. The molecule has 0 amide bonds. The van der Waals surface area contributed by atoms with Crippen molar-refractivity contribution in [2.24, 2.45) is 5.73 Å². The number of nitrogens with zero attached hydrogens (tertiary/aromatic N) is 1. The van der Waals surface area contributed by atoms with Gasteiger partial charge in [0.1, 0.15) is 10.8 Å². The SMILES string of the molecule is Cc1ccccc1-c1nc(C2CC2)c(C(=N)N)s1. The topological polar surface area (TPSA) is 62.8 Å². The zero-order valence-corrected chi connectivity index (χ0v) is 11.1. The molecule has 0 radical (unpaired) electrons. The molecule has 92 valence electrons. The Labute approximate surface area is 110 Å². The van der Waals surface area contributed by atoms with E-state index in [1.165, 1.54) is 18.4 Å². The van der Waals surface area contributed by atoms with Gasteiger partial charge >= 0.3 is 0 Å². The molecular formula is C14H15N3S. The number of rotatable bonds is 3. The van der Waals surface area contributed by atoms with E-state index in [0.29, 0.717) is 5.92 Å². The van der Waals surface area contributed by atoms with Crippen molar-refractivity contribution in [1.29, 1.82) is 5.41 Å². The molecule has 1 aliphatic carbocycles. The minimum absolute atomic E-state index is 0.147. The maximum Gasteiger partial charge on any atom is 0.135 e. The van der Waals surface area contributed by atoms with E-state index in [-0.39, 0.29) is 5.84 Å². The Kier molecular flexibility index (Phi) is 2.67. The van der Waals surface area contributed by atoms with Crippen LogP contribution in [0.5, 0.6) is 0 Å². The Morgan fingerprint density at radius 2 is 2.11 bits per heavy atom. The maximum atomic E-state index is 7.68. The molecule has 3 rings (SSSR count). The third-order valence-corrected chi connectivity index (χ3v) is 4.38. The van der Waals surface area contributed by atoms with Gasteiger partial charge in [0, 0.05) is 11.5 Å². The van der Waals surface area contributed by atoms with E-state index in [9.17, 15) is 0 Å². The smallest absolute Gasteiger partial charge is 0.135 e. The van der Waals surface area contributed by atoms with Crippen LogP contribution in [0.1, 0.15) is 34.9 Å². The van der Waals surface area contributed by atoms with Gasteiger partial charge in [0.2, 0.25) is 0 Å². The van der Waals surface area contributed by atoms with Crippen LogP contribution >= 0.6 is 11.3 Å². The second kappa shape index (κ2) is 4.21. The third-order valence-electron chi connectivity index (χ3n) is 3.24. The summed E-state index contributed by atoms with van der Waals surface area (Å²) in [5.41, 5.74) is 9.06. The fraction of sp³-hybridized carbons (Fsp3) is 0.286. The molecule has 1 aromatic carbocycles. The number of nitrogen functional groups attached to an aromatic ring is 1. The first-order valence-corrected chi connectivity index (χ1v) is 6.89. The number of nitrogens with one attached hydrogen (secondary N) is 1. The summed E-state index contributed by atoms with van der Waals surface area (Å²) in [7, 11) is 0. The van der Waals surface area contributed by atoms with Crippen molar-refractivity contribution >= 4 is 17.2 Å². The summed E-state index contributed by atoms with van der Waals surface area (Å²) in [4.78, 5) is 5.58. The number of aryl methyl sites for hydroxylation is 1. The summed E-state index contributed by atoms with van der Waals surface area (Å²) in [6, 6.07) is 8.21. The fourth-order valence-corrected chi connectivity index (χ4v) is 3.19. The first-order valence-electron chi connectivity index (χ1n) is 6.08. The molecule has 3 N–H and O–H groups in total. The Morgan fingerprint density at radius 1 is 1.39 bits per heavy atom. The van der Waals surface area contributed by atoms with Gasteiger partial charge in [-0.2, -0.15) is 0 Å². The number of amidine groups is 1. The highest BCUT2D eigenvalue weighted by Gasteiger charge is 2.30. The number of aromatic nitrogens is 1. The minimum Gasteiger partial charge on any atom is -0.383 e. The van der Waals surface area contributed by atoms with Crippen molar-refractivity contribution in [1.82, 2.24) is 4.98 Å². The van der Waals surface area contributed by atoms with Crippen LogP contribution in [-0.4, -0.2) is 10.8 Å². The van der Waals surface area contributed by atoms with E-state index < -0.39 is 0 Å². The average molecular weight is 257 g/mol. The molecule has 0 spiro atoms. The van der Waals surface area contributed by atoms with E-state index in [1.54, 1.807) is 11.3 Å². The van der Waals surface area contributed by atoms with Crippen LogP contribution in [-0.2, 0) is 0 Å². The predicted octanol–water partition coefficient (Wildman–Crippen LogP) is 3.28. The normalized spacial score (nSPS) is 14.7. The number of benzene rings is 1. The van der Waals surface area contributed by atoms with Crippen molar-refractivity contribution in [3.63, 3.8) is 0 Å². The molecule has 0 saturated heterocycles. The number of hydrogen-bond donors (Lipinski definition) is 2. The van der Waals surface area contributed by atoms with Crippen molar-refractivity contribution in [2.75, 3.05) is 0 Å². The molecule has 1 aromatic heterocycles. The molecule has 3 nitrogen and oxygen atoms in total. The van der Waals surface area contributed by atoms with Gasteiger partial charge in [0.15, 0.2) is 0 Å². The monoisotopic (exact) mass is 257 g/mol. The second-order valence-electron chi connectivity index (χ2n) is 4.74. The summed E-state index contributed by atoms with van der Waals surface area (Å²) in [5, 5.41) is 8.66. The third kappa shape index (κ3) is 1.93. The Balaban J connectivity index is 2.11. The molecule has 0 unspecified atom stereocenters. The second-order valence-corrected chi connectivity index (χ2v) is 5.74. The molecule has 1 heterocycles. The van der Waals surface area contributed by atoms with Gasteiger partial charge in [-0.3, -0.25) is 5.41 Å². The van der Waals surface area contributed by atoms with E-state index in [0.717, 1.165) is 21.1 Å². The van der Waals surface area contributed by atoms with Gasteiger partial charge in [-0.05, 0) is 25.3 Å². The molecule has 0 atom stereocenters. The lowest BCUT2D eigenvalue weighted by atomic mass is 10.1. The van der Waals surface area contributed by atoms with E-state index >= 15 is 0 Å². The van der Waals surface area contributed by atoms with E-state index in [2.05, 4.69) is 19.1 Å². The van der Waals surface area contributed by atoms with Gasteiger partial charge in [-0.15, -0.1) is 11.3 Å². The quantitative estimate of drug-likeness (QED) is 0.654. The van der Waals surface area contributed by atoms with Crippen molar-refractivity contribution in [3.05, 3.63) is 40.4 Å². The molecule has 0 bridgehead atoms. The van der Waals surface area contributed by atoms with E-state index in [1.807, 2.05) is 12.1 Å². The standard InChI is InChI=1S/C14H15N3S/c1-8-4-2-3-5-10(8)14-17-11(9-6-7-9)12(18-14)13(15)16/h2-5,9H,6-7H2,1H3,(H3,15,16). The molecule has 18 heavy (non-hydrogen) atoms. The summed E-state index contributed by atoms with van der Waals surface area (Å²) in [6.07, 6.45) is 2.36. The molecule has 2 aromatic rings. The van der Waals surface area contributed by atoms with Crippen LogP contribution in [0.4, 0.5) is 0 Å². The Bertz CT molecular complexity index is 611. The van der Waals surface area contributed by atoms with Crippen molar-refractivity contribution in [2.45, 2.75) is 25.7 Å². The fourth-order valence-electron chi connectivity index (χ4n) is 2.09. The summed E-state index contributed by atoms with van der Waals surface area (Å²) < 4.78 is 0. The molecule has 1 saturated carbocycles. The number of thiazole rings is 1. The highest BCUT2D eigenvalue weighted by atomic mass is 32.1. The van der Waals surface area contributed by atoms with Crippen LogP contribution in [0.25, 0.3) is 10.6 Å². The van der Waals surface area contributed by atoms with Crippen LogP contribution in [0.3, 0.4) is 0 Å². The zero-order chi connectivity index (χ0) is 12.7. The van der Waals surface area contributed by atoms with Crippen molar-refractivity contribution in [3.8, 4) is 10.6 Å². The summed E-state index contributed by atoms with van der Waals surface area (Å²) >= 11 is 1.54. The predicted molar refractivity (Wildman–Crippen MR) is 75.3 cm³/mol. The zero-order valence-electron chi connectivity index (χ0n) is 10.2. The van der Waals surface area contributed by atoms with Crippen LogP contribution < -0.4 is 5.73 Å². The molecule has 1 fully saturated rings. The van der Waals surface area contributed by atoms with Gasteiger partial charge in [-0.1, -0.05) is 24.3 Å². The highest BCUT2D eigenvalue weighted by molar-refractivity contribution is 7.17. The van der Waals surface area contributed by atoms with Gasteiger partial charge in [-0.25, -0.2) is 4.98 Å². The van der Waals surface area contributed by atoms with Crippen molar-refractivity contribution < 1.29 is 0 Å². The van der Waals surface area contributed by atoms with Crippen LogP contribution in [0, 0.1) is 12.3 Å². The lowest BCUT2D eigenvalue weighted by Gasteiger charge is -2.00. The summed E-state index contributed by atoms with van der Waals surface area (Å²) in [5.74, 6) is 0.673. The minimum atomic E-state index is 0.147. The van der Waals surface area contributed by atoms with Crippen LogP contribution in [0.2, 0.25) is 0 Å². The molecular weight excluding hydrogens is 242 g/mol. The Morgan fingerprint density at radius 3 is 2.72 bits per heavy atom. The summed E-state index contributed by atoms with van der Waals surface area (Å²) in [6.45, 7) is 2.08. The molecule has 0 aliphatic heterocycles. The maximum absolute atomic E-state index is 7.68. The first-order chi connectivity index (χ1) is 8.66. The molecule has 1 aliphatic rings. The lowest BCUT2D eigenvalue weighted by molar-refractivity contribution is 1.04. The average Bonchev–Trinajstić information content (AvgIpc) is 3.09. The van der Waals surface area contributed by atoms with E-state index in [4.69, 9.17) is 16.1 Å². The Hall–Kier alpha value is -1.68. The first kappa shape index (κ1) is 11.4. The highest BCUT2D eigenvalue weighted by Crippen LogP contribution is 2.44. The largest absolute Gasteiger partial charge is 0.383 e. The van der Waals surface area contributed by atoms with Gasteiger partial charge in [0.25, 0.3) is 0 Å². The van der Waals surface area contributed by atoms with Crippen LogP contribution in [0.15, 0.2) is 24.3 Å². The van der Waals surface area contributed by atoms with Gasteiger partial charge in [0.05, 0.1) is 10.6 Å². The number of hydrogen-bond acceptors (Lipinski definition) is 3.